The molecule has 1 aromatic rings. The fourth-order valence-electron chi connectivity index (χ4n) is 2.10. The van der Waals surface area contributed by atoms with Gasteiger partial charge in [0.2, 0.25) is 0 Å². The van der Waals surface area contributed by atoms with Gasteiger partial charge >= 0.3 is 12.4 Å². The highest BCUT2D eigenvalue weighted by Crippen LogP contribution is 2.45. The van der Waals surface area contributed by atoms with E-state index >= 15 is 0 Å². The fourth-order valence-corrected chi connectivity index (χ4v) is 2.10. The summed E-state index contributed by atoms with van der Waals surface area (Å²) in [7, 11) is 0. The predicted molar refractivity (Wildman–Crippen MR) is 70.6 cm³/mol. The van der Waals surface area contributed by atoms with Gasteiger partial charge in [0.15, 0.2) is 5.78 Å². The molecule has 0 saturated heterocycles. The Labute approximate surface area is 130 Å². The van der Waals surface area contributed by atoms with Gasteiger partial charge in [0.1, 0.15) is 11.4 Å². The van der Waals surface area contributed by atoms with E-state index in [0.717, 1.165) is 6.92 Å². The minimum atomic E-state index is -5.13. The van der Waals surface area contributed by atoms with E-state index in [1.807, 2.05) is 0 Å². The molecule has 0 radical (unpaired) electrons. The van der Waals surface area contributed by atoms with Crippen LogP contribution in [0.4, 0.5) is 37.7 Å². The van der Waals surface area contributed by atoms with Crippen molar-refractivity contribution in [3.05, 3.63) is 34.7 Å². The van der Waals surface area contributed by atoms with Gasteiger partial charge in [-0.15, -0.1) is 0 Å². The zero-order chi connectivity index (χ0) is 18.4. The number of benzene rings is 1. The molecular weight excluding hydrogens is 344 g/mol. The van der Waals surface area contributed by atoms with Crippen LogP contribution >= 0.6 is 0 Å². The monoisotopic (exact) mass is 353 g/mol. The van der Waals surface area contributed by atoms with Crippen molar-refractivity contribution >= 4 is 23.1 Å². The molecule has 5 nitrogen and oxygen atoms in total. The van der Waals surface area contributed by atoms with Crippen LogP contribution in [0.3, 0.4) is 0 Å². The van der Waals surface area contributed by atoms with Gasteiger partial charge in [-0.3, -0.25) is 9.59 Å². The molecule has 1 aliphatic heterocycles. The fraction of sp³-hybridized carbons (Fsp3) is 0.231. The van der Waals surface area contributed by atoms with Gasteiger partial charge in [0, 0.05) is 6.92 Å². The SMILES string of the molecule is CC(=O)C1=C(C(N)=O)Nc2cc(C(F)(F)F)cc(C(F)(F)F)c2N1. The van der Waals surface area contributed by atoms with Crippen molar-refractivity contribution in [2.75, 3.05) is 10.6 Å². The second-order valence-electron chi connectivity index (χ2n) is 4.86. The van der Waals surface area contributed by atoms with Crippen molar-refractivity contribution in [3.8, 4) is 0 Å². The number of halogens is 6. The highest BCUT2D eigenvalue weighted by Gasteiger charge is 2.41. The van der Waals surface area contributed by atoms with Crippen molar-refractivity contribution in [1.29, 1.82) is 0 Å². The molecule has 1 amide bonds. The number of rotatable bonds is 2. The highest BCUT2D eigenvalue weighted by molar-refractivity contribution is 6.10. The Morgan fingerprint density at radius 2 is 1.54 bits per heavy atom. The standard InChI is InChI=1S/C13H9F6N3O2/c1-4(23)8-10(11(20)24)21-7-3-5(12(14,15)16)2-6(9(7)22-8)13(17,18)19/h2-3,21-22H,1H3,(H2,20,24). The third-order valence-corrected chi connectivity index (χ3v) is 3.13. The summed E-state index contributed by atoms with van der Waals surface area (Å²) in [6.45, 7) is 0.954. The molecule has 130 valence electrons. The molecule has 0 aliphatic carbocycles. The van der Waals surface area contributed by atoms with Crippen LogP contribution in [0.15, 0.2) is 23.5 Å². The van der Waals surface area contributed by atoms with Gasteiger partial charge in [-0.05, 0) is 12.1 Å². The van der Waals surface area contributed by atoms with E-state index in [0.29, 0.717) is 6.07 Å². The molecule has 0 fully saturated rings. The first kappa shape index (κ1) is 17.6. The van der Waals surface area contributed by atoms with Gasteiger partial charge in [0.05, 0.1) is 22.5 Å². The van der Waals surface area contributed by atoms with E-state index in [1.165, 1.54) is 0 Å². The van der Waals surface area contributed by atoms with E-state index in [4.69, 9.17) is 5.73 Å². The lowest BCUT2D eigenvalue weighted by atomic mass is 10.0. The number of amides is 1. The van der Waals surface area contributed by atoms with Crippen molar-refractivity contribution in [2.24, 2.45) is 5.73 Å². The van der Waals surface area contributed by atoms with Crippen LogP contribution in [0.5, 0.6) is 0 Å². The number of fused-ring (bicyclic) bond motifs is 1. The number of anilines is 2. The third-order valence-electron chi connectivity index (χ3n) is 3.13. The molecule has 1 aliphatic rings. The summed E-state index contributed by atoms with van der Waals surface area (Å²) >= 11 is 0. The number of Topliss-reactive ketones (excluding diaryl/α,β-unsaturated/α-hetero) is 1. The Morgan fingerprint density at radius 1 is 0.958 bits per heavy atom. The summed E-state index contributed by atoms with van der Waals surface area (Å²) in [5, 5.41) is 4.14. The molecule has 0 saturated carbocycles. The van der Waals surface area contributed by atoms with Gasteiger partial charge in [0.25, 0.3) is 5.91 Å². The maximum atomic E-state index is 13.1. The minimum absolute atomic E-state index is 0.0828. The molecule has 0 aromatic heterocycles. The smallest absolute Gasteiger partial charge is 0.364 e. The zero-order valence-electron chi connectivity index (χ0n) is 11.8. The number of carbonyl (C=O) groups is 2. The molecule has 0 atom stereocenters. The molecule has 0 bridgehead atoms. The average molecular weight is 353 g/mol. The van der Waals surface area contributed by atoms with Crippen LogP contribution in [0, 0.1) is 0 Å². The second kappa shape index (κ2) is 5.42. The molecule has 1 heterocycles. The Balaban J connectivity index is 2.74. The maximum Gasteiger partial charge on any atom is 0.418 e. The molecular formula is C13H9F6N3O2. The summed E-state index contributed by atoms with van der Waals surface area (Å²) < 4.78 is 77.7. The van der Waals surface area contributed by atoms with E-state index in [2.05, 4.69) is 10.6 Å². The second-order valence-corrected chi connectivity index (χ2v) is 4.86. The lowest BCUT2D eigenvalue weighted by Crippen LogP contribution is -2.31. The molecule has 0 spiro atoms. The van der Waals surface area contributed by atoms with Crippen molar-refractivity contribution in [3.63, 3.8) is 0 Å². The number of nitrogens with two attached hydrogens (primary N) is 1. The summed E-state index contributed by atoms with van der Waals surface area (Å²) in [5.74, 6) is -2.04. The molecule has 24 heavy (non-hydrogen) atoms. The summed E-state index contributed by atoms with van der Waals surface area (Å²) in [6, 6.07) is 0.304. The number of carbonyl (C=O) groups excluding carboxylic acids is 2. The minimum Gasteiger partial charge on any atom is -0.364 e. The molecule has 11 heteroatoms. The Hall–Kier alpha value is -2.72. The molecule has 2 rings (SSSR count). The maximum absolute atomic E-state index is 13.1. The van der Waals surface area contributed by atoms with Gasteiger partial charge in [-0.1, -0.05) is 0 Å². The Morgan fingerprint density at radius 3 is 1.96 bits per heavy atom. The molecule has 1 aromatic carbocycles. The summed E-state index contributed by atoms with van der Waals surface area (Å²) in [4.78, 5) is 22.8. The number of nitrogens with one attached hydrogen (secondary N) is 2. The Bertz CT molecular complexity index is 764. The quantitative estimate of drug-likeness (QED) is 0.714. The van der Waals surface area contributed by atoms with Gasteiger partial charge < -0.3 is 16.4 Å². The van der Waals surface area contributed by atoms with Gasteiger partial charge in [-0.25, -0.2) is 0 Å². The van der Waals surface area contributed by atoms with E-state index in [9.17, 15) is 35.9 Å². The zero-order valence-corrected chi connectivity index (χ0v) is 11.8. The normalized spacial score (nSPS) is 14.6. The van der Waals surface area contributed by atoms with Crippen LogP contribution in [-0.2, 0) is 21.9 Å². The van der Waals surface area contributed by atoms with Crippen molar-refractivity contribution < 1.29 is 35.9 Å². The topological polar surface area (TPSA) is 84.2 Å². The van der Waals surface area contributed by atoms with Crippen molar-refractivity contribution in [1.82, 2.24) is 0 Å². The van der Waals surface area contributed by atoms with Crippen LogP contribution in [-0.4, -0.2) is 11.7 Å². The number of alkyl halides is 6. The lowest BCUT2D eigenvalue weighted by Gasteiger charge is -2.27. The number of primary amides is 1. The third kappa shape index (κ3) is 3.14. The summed E-state index contributed by atoms with van der Waals surface area (Å²) in [6.07, 6.45) is -10.2. The van der Waals surface area contributed by atoms with Crippen LogP contribution < -0.4 is 16.4 Å². The number of allylic oxidation sites excluding steroid dienone is 1. The van der Waals surface area contributed by atoms with E-state index in [-0.39, 0.29) is 6.07 Å². The van der Waals surface area contributed by atoms with Gasteiger partial charge in [-0.2, -0.15) is 26.3 Å². The first-order chi connectivity index (χ1) is 10.8. The largest absolute Gasteiger partial charge is 0.418 e. The number of ketones is 1. The van der Waals surface area contributed by atoms with E-state index in [1.54, 1.807) is 0 Å². The van der Waals surface area contributed by atoms with Crippen LogP contribution in [0.25, 0.3) is 0 Å². The molecule has 0 unspecified atom stereocenters. The number of hydrogen-bond acceptors (Lipinski definition) is 4. The van der Waals surface area contributed by atoms with Crippen LogP contribution in [0.1, 0.15) is 18.1 Å². The highest BCUT2D eigenvalue weighted by atomic mass is 19.4. The number of hydrogen-bond donors (Lipinski definition) is 3. The first-order valence-electron chi connectivity index (χ1n) is 6.24. The average Bonchev–Trinajstić information content (AvgIpc) is 2.42. The molecule has 4 N–H and O–H groups in total. The first-order valence-corrected chi connectivity index (χ1v) is 6.24. The van der Waals surface area contributed by atoms with E-state index < -0.39 is 57.9 Å². The Kier molecular flexibility index (Phi) is 3.98. The van der Waals surface area contributed by atoms with Crippen LogP contribution in [0.2, 0.25) is 0 Å². The summed E-state index contributed by atoms with van der Waals surface area (Å²) in [5.41, 5.74) is -0.867. The lowest BCUT2D eigenvalue weighted by molar-refractivity contribution is -0.142. The van der Waals surface area contributed by atoms with Crippen molar-refractivity contribution in [2.45, 2.75) is 19.3 Å². The predicted octanol–water partition coefficient (Wildman–Crippen LogP) is 2.85.